The second-order valence-corrected chi connectivity index (χ2v) is 9.15. The summed E-state index contributed by atoms with van der Waals surface area (Å²) in [5, 5.41) is 3.75. The summed E-state index contributed by atoms with van der Waals surface area (Å²) in [6.07, 6.45) is 3.07. The molecule has 0 radical (unpaired) electrons. The van der Waals surface area contributed by atoms with E-state index in [4.69, 9.17) is 11.6 Å². The summed E-state index contributed by atoms with van der Waals surface area (Å²) in [6, 6.07) is 13.2. The highest BCUT2D eigenvalue weighted by Crippen LogP contribution is 2.31. The fourth-order valence-corrected chi connectivity index (χ4v) is 5.54. The average molecular weight is 407 g/mol. The molecule has 0 saturated carbocycles. The van der Waals surface area contributed by atoms with Gasteiger partial charge in [-0.1, -0.05) is 35.9 Å². The molecule has 0 bridgehead atoms. The number of nitrogens with zero attached hydrogens (tertiary/aromatic N) is 1. The number of aromatic nitrogens is 1. The third kappa shape index (κ3) is 3.95. The molecule has 0 saturated heterocycles. The Labute approximate surface area is 160 Å². The van der Waals surface area contributed by atoms with Crippen LogP contribution in [0.2, 0.25) is 5.02 Å². The zero-order valence-corrected chi connectivity index (χ0v) is 15.9. The molecule has 0 spiro atoms. The largest absolute Gasteiger partial charge is 0.350 e. The predicted octanol–water partition coefficient (Wildman–Crippen LogP) is 3.74. The first-order chi connectivity index (χ1) is 12.5. The van der Waals surface area contributed by atoms with Crippen molar-refractivity contribution in [1.82, 2.24) is 10.3 Å². The van der Waals surface area contributed by atoms with Gasteiger partial charge in [-0.05, 0) is 35.2 Å². The van der Waals surface area contributed by atoms with Crippen LogP contribution in [0.5, 0.6) is 0 Å². The second-order valence-electron chi connectivity index (χ2n) is 5.44. The van der Waals surface area contributed by atoms with Crippen molar-refractivity contribution in [3.63, 3.8) is 0 Å². The van der Waals surface area contributed by atoms with Gasteiger partial charge in [0.2, 0.25) is 0 Å². The zero-order valence-electron chi connectivity index (χ0n) is 13.5. The van der Waals surface area contributed by atoms with Crippen molar-refractivity contribution in [3.8, 4) is 0 Å². The topological polar surface area (TPSA) is 76.1 Å². The Bertz CT molecular complexity index is 990. The quantitative estimate of drug-likeness (QED) is 0.676. The molecule has 3 aromatic rings. The summed E-state index contributed by atoms with van der Waals surface area (Å²) in [4.78, 5) is 16.4. The van der Waals surface area contributed by atoms with E-state index in [-0.39, 0.29) is 10.8 Å². The highest BCUT2D eigenvalue weighted by atomic mass is 35.5. The summed E-state index contributed by atoms with van der Waals surface area (Å²) < 4.78 is 26.3. The van der Waals surface area contributed by atoms with E-state index >= 15 is 0 Å². The van der Waals surface area contributed by atoms with Crippen molar-refractivity contribution < 1.29 is 13.2 Å². The number of thiophene rings is 1. The molecule has 0 aliphatic heterocycles. The maximum absolute atomic E-state index is 13.0. The van der Waals surface area contributed by atoms with Crippen LogP contribution in [0.25, 0.3) is 0 Å². The van der Waals surface area contributed by atoms with Gasteiger partial charge < -0.3 is 5.32 Å². The SMILES string of the molecule is O=C(NC[C@H](c1cccnc1)S(=O)(=O)c1cccs1)c1ccccc1Cl. The van der Waals surface area contributed by atoms with Crippen molar-refractivity contribution in [1.29, 1.82) is 0 Å². The highest BCUT2D eigenvalue weighted by molar-refractivity contribution is 7.93. The molecule has 134 valence electrons. The number of carbonyl (C=O) groups is 1. The van der Waals surface area contributed by atoms with Gasteiger partial charge in [-0.15, -0.1) is 11.3 Å². The van der Waals surface area contributed by atoms with Crippen LogP contribution in [0.1, 0.15) is 21.2 Å². The molecule has 1 N–H and O–H groups in total. The molecule has 8 heteroatoms. The lowest BCUT2D eigenvalue weighted by atomic mass is 10.2. The second kappa shape index (κ2) is 7.99. The van der Waals surface area contributed by atoms with Crippen LogP contribution < -0.4 is 5.32 Å². The first-order valence-electron chi connectivity index (χ1n) is 7.70. The number of benzene rings is 1. The van der Waals surface area contributed by atoms with Crippen LogP contribution >= 0.6 is 22.9 Å². The van der Waals surface area contributed by atoms with Gasteiger partial charge in [-0.25, -0.2) is 8.42 Å². The lowest BCUT2D eigenvalue weighted by Crippen LogP contribution is -2.32. The Kier molecular flexibility index (Phi) is 5.70. The number of hydrogen-bond acceptors (Lipinski definition) is 5. The minimum absolute atomic E-state index is 0.0873. The van der Waals surface area contributed by atoms with Gasteiger partial charge >= 0.3 is 0 Å². The van der Waals surface area contributed by atoms with E-state index < -0.39 is 21.0 Å². The number of sulfone groups is 1. The summed E-state index contributed by atoms with van der Waals surface area (Å²) in [5.74, 6) is -0.425. The van der Waals surface area contributed by atoms with Crippen LogP contribution in [0.3, 0.4) is 0 Å². The number of nitrogens with one attached hydrogen (secondary N) is 1. The average Bonchev–Trinajstić information content (AvgIpc) is 3.18. The van der Waals surface area contributed by atoms with Crippen molar-refractivity contribution >= 4 is 38.7 Å². The minimum Gasteiger partial charge on any atom is -0.350 e. The fraction of sp³-hybridized carbons (Fsp3) is 0.111. The third-order valence-electron chi connectivity index (χ3n) is 3.77. The Morgan fingerprint density at radius 3 is 2.62 bits per heavy atom. The number of amides is 1. The first-order valence-corrected chi connectivity index (χ1v) is 10.5. The van der Waals surface area contributed by atoms with E-state index in [2.05, 4.69) is 10.3 Å². The molecule has 26 heavy (non-hydrogen) atoms. The summed E-state index contributed by atoms with van der Waals surface area (Å²) >= 11 is 7.18. The standard InChI is InChI=1S/C18H15ClN2O3S2/c19-15-7-2-1-6-14(15)18(22)21-12-16(13-5-3-9-20-11-13)26(23,24)17-8-4-10-25-17/h1-11,16H,12H2,(H,21,22)/t16-/m1/s1. The molecule has 1 amide bonds. The molecule has 1 aromatic carbocycles. The molecule has 2 heterocycles. The number of halogens is 1. The molecule has 1 atom stereocenters. The highest BCUT2D eigenvalue weighted by Gasteiger charge is 2.30. The van der Waals surface area contributed by atoms with Crippen molar-refractivity contribution in [2.75, 3.05) is 6.54 Å². The van der Waals surface area contributed by atoms with Crippen molar-refractivity contribution in [2.45, 2.75) is 9.46 Å². The van der Waals surface area contributed by atoms with E-state index in [9.17, 15) is 13.2 Å². The minimum atomic E-state index is -3.67. The Morgan fingerprint density at radius 2 is 1.96 bits per heavy atom. The molecule has 0 aliphatic rings. The lowest BCUT2D eigenvalue weighted by molar-refractivity contribution is 0.0954. The monoisotopic (exact) mass is 406 g/mol. The molecule has 0 fully saturated rings. The van der Waals surface area contributed by atoms with Crippen molar-refractivity contribution in [2.24, 2.45) is 0 Å². The van der Waals surface area contributed by atoms with Gasteiger partial charge in [0.05, 0.1) is 10.6 Å². The molecular formula is C18H15ClN2O3S2. The molecule has 0 unspecified atom stereocenters. The van der Waals surface area contributed by atoms with Crippen LogP contribution in [0, 0.1) is 0 Å². The van der Waals surface area contributed by atoms with Crippen molar-refractivity contribution in [3.05, 3.63) is 82.5 Å². The number of hydrogen-bond donors (Lipinski definition) is 1. The first kappa shape index (κ1) is 18.6. The molecule has 3 rings (SSSR count). The molecule has 2 aromatic heterocycles. The molecule has 0 aliphatic carbocycles. The summed E-state index contributed by atoms with van der Waals surface area (Å²) in [6.45, 7) is -0.0873. The fourth-order valence-electron chi connectivity index (χ4n) is 2.46. The maximum atomic E-state index is 13.0. The molecular weight excluding hydrogens is 392 g/mol. The van der Waals surface area contributed by atoms with E-state index in [0.717, 1.165) is 11.3 Å². The van der Waals surface area contributed by atoms with Crippen LogP contribution in [0.4, 0.5) is 0 Å². The normalized spacial score (nSPS) is 12.5. The number of rotatable bonds is 6. The predicted molar refractivity (Wildman–Crippen MR) is 102 cm³/mol. The van der Waals surface area contributed by atoms with E-state index in [0.29, 0.717) is 16.1 Å². The maximum Gasteiger partial charge on any atom is 0.252 e. The Hall–Kier alpha value is -2.22. The van der Waals surface area contributed by atoms with Crippen LogP contribution in [-0.2, 0) is 9.84 Å². The lowest BCUT2D eigenvalue weighted by Gasteiger charge is -2.18. The Morgan fingerprint density at radius 1 is 1.15 bits per heavy atom. The van der Waals surface area contributed by atoms with Crippen LogP contribution in [0.15, 0.2) is 70.5 Å². The zero-order chi connectivity index (χ0) is 18.6. The molecule has 5 nitrogen and oxygen atoms in total. The van der Waals surface area contributed by atoms with Crippen LogP contribution in [-0.4, -0.2) is 25.9 Å². The van der Waals surface area contributed by atoms with E-state index in [1.165, 1.54) is 6.20 Å². The Balaban J connectivity index is 1.88. The third-order valence-corrected chi connectivity index (χ3v) is 7.63. The van der Waals surface area contributed by atoms with Gasteiger partial charge in [0.25, 0.3) is 5.91 Å². The van der Waals surface area contributed by atoms with Gasteiger partial charge in [-0.2, -0.15) is 0 Å². The van der Waals surface area contributed by atoms with E-state index in [1.54, 1.807) is 60.1 Å². The van der Waals surface area contributed by atoms with Gasteiger partial charge in [0.15, 0.2) is 9.84 Å². The summed E-state index contributed by atoms with van der Waals surface area (Å²) in [7, 11) is -3.67. The van der Waals surface area contributed by atoms with Gasteiger partial charge in [0, 0.05) is 18.9 Å². The summed E-state index contributed by atoms with van der Waals surface area (Å²) in [5.41, 5.74) is 0.813. The van der Waals surface area contributed by atoms with Gasteiger partial charge in [0.1, 0.15) is 9.46 Å². The number of carbonyl (C=O) groups excluding carboxylic acids is 1. The van der Waals surface area contributed by atoms with E-state index in [1.807, 2.05) is 0 Å². The van der Waals surface area contributed by atoms with Gasteiger partial charge in [-0.3, -0.25) is 9.78 Å². The smallest absolute Gasteiger partial charge is 0.252 e. The number of pyridine rings is 1.